The second-order valence-corrected chi connectivity index (χ2v) is 11.4. The molecule has 2 aromatic rings. The number of fused-ring (bicyclic) bond motifs is 1. The van der Waals surface area contributed by atoms with Crippen LogP contribution < -0.4 is 16.0 Å². The van der Waals surface area contributed by atoms with Crippen LogP contribution in [0.3, 0.4) is 0 Å². The van der Waals surface area contributed by atoms with E-state index in [9.17, 15) is 22.8 Å². The SMILES string of the molecule is Nc1cc(C[C@H]2C(=O)N(C3C=C3NC(C3CCCCC3)C(F)(F)F)[C@@H]2C(=O)N2CCCc3ccccc32)ccn1. The van der Waals surface area contributed by atoms with E-state index in [1.54, 1.807) is 29.3 Å². The number of aryl methyl sites for hydroxylation is 1. The number of aromatic nitrogens is 1. The van der Waals surface area contributed by atoms with Crippen LogP contribution in [0.1, 0.15) is 49.7 Å². The number of pyridine rings is 1. The molecule has 212 valence electrons. The summed E-state index contributed by atoms with van der Waals surface area (Å²) in [7, 11) is 0. The molecule has 1 aromatic heterocycles. The van der Waals surface area contributed by atoms with Crippen LogP contribution in [-0.4, -0.2) is 52.5 Å². The zero-order chi connectivity index (χ0) is 28.0. The molecule has 3 N–H and O–H groups in total. The van der Waals surface area contributed by atoms with E-state index >= 15 is 0 Å². The molecule has 0 radical (unpaired) electrons. The topological polar surface area (TPSA) is 91.6 Å². The van der Waals surface area contributed by atoms with Crippen molar-refractivity contribution >= 4 is 23.3 Å². The Labute approximate surface area is 231 Å². The number of carbonyl (C=O) groups excluding carboxylic acids is 2. The first-order chi connectivity index (χ1) is 19.2. The van der Waals surface area contributed by atoms with Gasteiger partial charge in [-0.3, -0.25) is 9.59 Å². The molecular formula is C30H34F3N5O2. The number of nitrogens with one attached hydrogen (secondary N) is 1. The predicted octanol–water partition coefficient (Wildman–Crippen LogP) is 4.38. The van der Waals surface area contributed by atoms with E-state index in [-0.39, 0.29) is 11.8 Å². The van der Waals surface area contributed by atoms with Gasteiger partial charge in [0.05, 0.1) is 12.0 Å². The number of nitrogens with zero attached hydrogens (tertiary/aromatic N) is 3. The number of benzene rings is 1. The van der Waals surface area contributed by atoms with E-state index < -0.39 is 36.1 Å². The number of carbonyl (C=O) groups is 2. The lowest BCUT2D eigenvalue weighted by Gasteiger charge is -2.49. The van der Waals surface area contributed by atoms with Crippen LogP contribution in [-0.2, 0) is 22.4 Å². The van der Waals surface area contributed by atoms with Gasteiger partial charge in [-0.2, -0.15) is 13.2 Å². The highest BCUT2D eigenvalue weighted by molar-refractivity contribution is 6.07. The molecule has 1 saturated heterocycles. The average molecular weight is 554 g/mol. The number of hydrogen-bond acceptors (Lipinski definition) is 5. The number of anilines is 2. The van der Waals surface area contributed by atoms with Crippen molar-refractivity contribution in [3.63, 3.8) is 0 Å². The number of alkyl halides is 3. The summed E-state index contributed by atoms with van der Waals surface area (Å²) in [5.74, 6) is -1.23. The Bertz CT molecular complexity index is 1320. The van der Waals surface area contributed by atoms with E-state index in [2.05, 4.69) is 10.3 Å². The predicted molar refractivity (Wildman–Crippen MR) is 145 cm³/mol. The van der Waals surface area contributed by atoms with Crippen molar-refractivity contribution in [1.29, 1.82) is 0 Å². The summed E-state index contributed by atoms with van der Waals surface area (Å²) >= 11 is 0. The molecule has 0 bridgehead atoms. The number of nitrogens with two attached hydrogens (primary N) is 1. The van der Waals surface area contributed by atoms with Crippen molar-refractivity contribution in [3.05, 3.63) is 65.5 Å². The van der Waals surface area contributed by atoms with E-state index in [4.69, 9.17) is 5.73 Å². The lowest BCUT2D eigenvalue weighted by Crippen LogP contribution is -2.69. The number of rotatable bonds is 7. The normalized spacial score (nSPS) is 25.5. The minimum absolute atomic E-state index is 0.196. The summed E-state index contributed by atoms with van der Waals surface area (Å²) in [5, 5.41) is 2.74. The fourth-order valence-electron chi connectivity index (χ4n) is 6.77. The largest absolute Gasteiger partial charge is 0.408 e. The molecule has 6 rings (SSSR count). The van der Waals surface area contributed by atoms with Gasteiger partial charge < -0.3 is 20.9 Å². The second kappa shape index (κ2) is 10.4. The zero-order valence-corrected chi connectivity index (χ0v) is 22.2. The summed E-state index contributed by atoms with van der Waals surface area (Å²) in [6.07, 6.45) is 4.39. The van der Waals surface area contributed by atoms with Crippen LogP contribution in [0.25, 0.3) is 0 Å². The van der Waals surface area contributed by atoms with Gasteiger partial charge in [-0.25, -0.2) is 4.98 Å². The highest BCUT2D eigenvalue weighted by Crippen LogP contribution is 2.43. The number of halogens is 3. The van der Waals surface area contributed by atoms with Crippen molar-refractivity contribution < 1.29 is 22.8 Å². The summed E-state index contributed by atoms with van der Waals surface area (Å²) in [4.78, 5) is 34.9. The van der Waals surface area contributed by atoms with Crippen molar-refractivity contribution in [2.24, 2.45) is 11.8 Å². The Morgan fingerprint density at radius 2 is 1.90 bits per heavy atom. The highest BCUT2D eigenvalue weighted by atomic mass is 19.4. The third-order valence-electron chi connectivity index (χ3n) is 8.83. The van der Waals surface area contributed by atoms with E-state index in [0.717, 1.165) is 48.9 Å². The number of β-lactam (4-membered cyclic amide) rings is 1. The van der Waals surface area contributed by atoms with Crippen molar-refractivity contribution in [2.75, 3.05) is 17.2 Å². The number of amides is 2. The summed E-state index contributed by atoms with van der Waals surface area (Å²) in [6.45, 7) is 0.532. The first-order valence-corrected chi connectivity index (χ1v) is 14.2. The van der Waals surface area contributed by atoms with Gasteiger partial charge in [0.1, 0.15) is 17.9 Å². The molecule has 0 spiro atoms. The maximum absolute atomic E-state index is 14.1. The zero-order valence-electron chi connectivity index (χ0n) is 22.2. The average Bonchev–Trinajstić information content (AvgIpc) is 3.70. The highest BCUT2D eigenvalue weighted by Gasteiger charge is 2.58. The van der Waals surface area contributed by atoms with Gasteiger partial charge in [-0.05, 0) is 73.4 Å². The number of para-hydroxylation sites is 1. The van der Waals surface area contributed by atoms with Crippen molar-refractivity contribution in [2.45, 2.75) is 75.7 Å². The molecule has 7 nitrogen and oxygen atoms in total. The lowest BCUT2D eigenvalue weighted by atomic mass is 9.80. The maximum atomic E-state index is 14.1. The second-order valence-electron chi connectivity index (χ2n) is 11.4. The Morgan fingerprint density at radius 3 is 2.65 bits per heavy atom. The molecular weight excluding hydrogens is 519 g/mol. The van der Waals surface area contributed by atoms with E-state index in [1.165, 1.54) is 4.90 Å². The Hall–Kier alpha value is -3.56. The summed E-state index contributed by atoms with van der Waals surface area (Å²) < 4.78 is 42.2. The molecule has 1 saturated carbocycles. The maximum Gasteiger partial charge on any atom is 0.408 e. The molecule has 2 amide bonds. The minimum Gasteiger partial charge on any atom is -0.384 e. The van der Waals surface area contributed by atoms with Gasteiger partial charge in [0, 0.05) is 24.1 Å². The van der Waals surface area contributed by atoms with Gasteiger partial charge in [0.15, 0.2) is 0 Å². The molecule has 4 aliphatic rings. The Morgan fingerprint density at radius 1 is 1.12 bits per heavy atom. The molecule has 10 heteroatoms. The molecule has 2 aliphatic heterocycles. The van der Waals surface area contributed by atoms with Gasteiger partial charge in [0.25, 0.3) is 5.91 Å². The summed E-state index contributed by atoms with van der Waals surface area (Å²) in [5.41, 5.74) is 8.93. The third kappa shape index (κ3) is 5.04. The fraction of sp³-hybridized carbons (Fsp3) is 0.500. The van der Waals surface area contributed by atoms with Gasteiger partial charge in [-0.15, -0.1) is 0 Å². The Balaban J connectivity index is 1.24. The molecule has 40 heavy (non-hydrogen) atoms. The monoisotopic (exact) mass is 553 g/mol. The number of likely N-dealkylation sites (tertiary alicyclic amines) is 1. The van der Waals surface area contributed by atoms with Crippen LogP contribution in [0.2, 0.25) is 0 Å². The van der Waals surface area contributed by atoms with Crippen LogP contribution in [0.15, 0.2) is 54.4 Å². The molecule has 2 aliphatic carbocycles. The van der Waals surface area contributed by atoms with E-state index in [0.29, 0.717) is 37.3 Å². The Kier molecular flexibility index (Phi) is 6.96. The number of nitrogen functional groups attached to an aromatic ring is 1. The first kappa shape index (κ1) is 26.7. The van der Waals surface area contributed by atoms with Gasteiger partial charge in [-0.1, -0.05) is 37.5 Å². The van der Waals surface area contributed by atoms with Crippen LogP contribution in [0, 0.1) is 11.8 Å². The van der Waals surface area contributed by atoms with Crippen molar-refractivity contribution in [1.82, 2.24) is 15.2 Å². The molecule has 4 atom stereocenters. The fourth-order valence-corrected chi connectivity index (χ4v) is 6.77. The third-order valence-corrected chi connectivity index (χ3v) is 8.83. The molecule has 1 aromatic carbocycles. The molecule has 2 fully saturated rings. The molecule has 3 heterocycles. The lowest BCUT2D eigenvalue weighted by molar-refractivity contribution is -0.169. The smallest absolute Gasteiger partial charge is 0.384 e. The molecule has 2 unspecified atom stereocenters. The summed E-state index contributed by atoms with van der Waals surface area (Å²) in [6, 6.07) is 8.13. The van der Waals surface area contributed by atoms with Crippen LogP contribution >= 0.6 is 0 Å². The van der Waals surface area contributed by atoms with Crippen molar-refractivity contribution in [3.8, 4) is 0 Å². The van der Waals surface area contributed by atoms with Gasteiger partial charge in [0.2, 0.25) is 5.91 Å². The van der Waals surface area contributed by atoms with Crippen LogP contribution in [0.5, 0.6) is 0 Å². The number of hydrogen-bond donors (Lipinski definition) is 2. The first-order valence-electron chi connectivity index (χ1n) is 14.2. The standard InChI is InChI=1S/C30H34F3N5O2/c31-30(32,33)27(20-8-2-1-3-9-20)36-22-17-24(22)38-26(21(28(38)39)15-18-12-13-35-25(34)16-18)29(40)37-14-6-10-19-7-4-5-11-23(19)37/h4-5,7,11-13,16-17,20-21,24,26-27,36H,1-3,6,8-10,14-15H2,(H2,34,35)/t21-,24?,26+,27?/m1/s1. The van der Waals surface area contributed by atoms with E-state index in [1.807, 2.05) is 24.3 Å². The van der Waals surface area contributed by atoms with Crippen LogP contribution in [0.4, 0.5) is 24.7 Å². The van der Waals surface area contributed by atoms with Gasteiger partial charge >= 0.3 is 6.18 Å². The quantitative estimate of drug-likeness (QED) is 0.497. The minimum atomic E-state index is -4.40.